The molecule has 0 heterocycles. The maximum Gasteiger partial charge on any atom is 0.150 e. The molecular weight excluding hydrogens is 240 g/mol. The maximum atomic E-state index is 11.4. The maximum absolute atomic E-state index is 11.4. The van der Waals surface area contributed by atoms with Crippen LogP contribution in [0, 0.1) is 5.92 Å². The Balaban J connectivity index is 2.36. The lowest BCUT2D eigenvalue weighted by Crippen LogP contribution is -2.46. The zero-order valence-electron chi connectivity index (χ0n) is 10.7. The third kappa shape index (κ3) is 4.91. The highest BCUT2D eigenvalue weighted by molar-refractivity contribution is 7.91. The highest BCUT2D eigenvalue weighted by Gasteiger charge is 2.36. The molecule has 1 saturated carbocycles. The number of methoxy groups -OCH3 is 1. The summed E-state index contributed by atoms with van der Waals surface area (Å²) < 4.78 is 28.2. The smallest absolute Gasteiger partial charge is 0.150 e. The first-order valence-electron chi connectivity index (χ1n) is 6.23. The van der Waals surface area contributed by atoms with Gasteiger partial charge in [-0.3, -0.25) is 11.3 Å². The summed E-state index contributed by atoms with van der Waals surface area (Å²) in [4.78, 5) is 0. The van der Waals surface area contributed by atoms with E-state index in [2.05, 4.69) is 5.43 Å². The summed E-state index contributed by atoms with van der Waals surface area (Å²) in [6.45, 7) is 1.68. The average molecular weight is 264 g/mol. The van der Waals surface area contributed by atoms with Crippen LogP contribution in [0.2, 0.25) is 0 Å². The molecule has 102 valence electrons. The molecule has 2 atom stereocenters. The van der Waals surface area contributed by atoms with Crippen LogP contribution in [0.4, 0.5) is 0 Å². The standard InChI is InChI=1S/C11H24N2O3S/c1-3-17(14,15)8-4-5-10(13-12)11(16-2)9-6-7-9/h9-11,13H,3-8,12H2,1-2H3. The number of rotatable bonds is 9. The highest BCUT2D eigenvalue weighted by atomic mass is 32.2. The summed E-state index contributed by atoms with van der Waals surface area (Å²) in [5, 5.41) is 0. The Kier molecular flexibility index (Phi) is 5.85. The van der Waals surface area contributed by atoms with Gasteiger partial charge in [-0.25, -0.2) is 8.42 Å². The van der Waals surface area contributed by atoms with Gasteiger partial charge in [-0.2, -0.15) is 0 Å². The second-order valence-electron chi connectivity index (χ2n) is 4.69. The Bertz CT molecular complexity index is 315. The lowest BCUT2D eigenvalue weighted by molar-refractivity contribution is 0.0482. The first-order chi connectivity index (χ1) is 8.04. The molecule has 5 nitrogen and oxygen atoms in total. The summed E-state index contributed by atoms with van der Waals surface area (Å²) in [6.07, 6.45) is 3.86. The van der Waals surface area contributed by atoms with Crippen molar-refractivity contribution in [3.63, 3.8) is 0 Å². The van der Waals surface area contributed by atoms with Crippen LogP contribution in [0.25, 0.3) is 0 Å². The van der Waals surface area contributed by atoms with Crippen LogP contribution in [0.5, 0.6) is 0 Å². The largest absolute Gasteiger partial charge is 0.379 e. The molecule has 0 aliphatic heterocycles. The SMILES string of the molecule is CCS(=O)(=O)CCCC(NN)C(OC)C1CC1. The fourth-order valence-electron chi connectivity index (χ4n) is 2.12. The predicted octanol–water partition coefficient (Wildman–Crippen LogP) is 0.458. The summed E-state index contributed by atoms with van der Waals surface area (Å²) >= 11 is 0. The van der Waals surface area contributed by atoms with Gasteiger partial charge < -0.3 is 4.74 Å². The number of sulfone groups is 1. The second kappa shape index (κ2) is 6.68. The van der Waals surface area contributed by atoms with Gasteiger partial charge in [-0.05, 0) is 31.6 Å². The lowest BCUT2D eigenvalue weighted by atomic mass is 10.0. The molecule has 0 aromatic rings. The number of hydrazine groups is 1. The monoisotopic (exact) mass is 264 g/mol. The minimum Gasteiger partial charge on any atom is -0.379 e. The molecule has 1 aliphatic carbocycles. The molecule has 6 heteroatoms. The number of hydrogen-bond acceptors (Lipinski definition) is 5. The van der Waals surface area contributed by atoms with Crippen LogP contribution < -0.4 is 11.3 Å². The van der Waals surface area contributed by atoms with E-state index in [1.54, 1.807) is 14.0 Å². The Labute approximate surface area is 104 Å². The quantitative estimate of drug-likeness (QED) is 0.467. The van der Waals surface area contributed by atoms with Crippen molar-refractivity contribution < 1.29 is 13.2 Å². The van der Waals surface area contributed by atoms with E-state index in [-0.39, 0.29) is 23.7 Å². The molecule has 0 spiro atoms. The van der Waals surface area contributed by atoms with E-state index >= 15 is 0 Å². The van der Waals surface area contributed by atoms with Gasteiger partial charge >= 0.3 is 0 Å². The third-order valence-corrected chi connectivity index (χ3v) is 5.17. The van der Waals surface area contributed by atoms with Crippen molar-refractivity contribution in [2.45, 2.75) is 44.8 Å². The van der Waals surface area contributed by atoms with Gasteiger partial charge in [-0.1, -0.05) is 6.92 Å². The molecule has 1 rings (SSSR count). The third-order valence-electron chi connectivity index (χ3n) is 3.38. The van der Waals surface area contributed by atoms with Crippen LogP contribution >= 0.6 is 0 Å². The van der Waals surface area contributed by atoms with Crippen LogP contribution in [0.1, 0.15) is 32.6 Å². The van der Waals surface area contributed by atoms with Crippen molar-refractivity contribution in [1.82, 2.24) is 5.43 Å². The van der Waals surface area contributed by atoms with Crippen LogP contribution in [0.15, 0.2) is 0 Å². The van der Waals surface area contributed by atoms with Crippen LogP contribution in [-0.4, -0.2) is 39.2 Å². The average Bonchev–Trinajstić information content (AvgIpc) is 3.12. The Morgan fingerprint density at radius 1 is 1.47 bits per heavy atom. The van der Waals surface area contributed by atoms with E-state index in [0.717, 1.165) is 6.42 Å². The van der Waals surface area contributed by atoms with Crippen molar-refractivity contribution >= 4 is 9.84 Å². The number of ether oxygens (including phenoxy) is 1. The fraction of sp³-hybridized carbons (Fsp3) is 1.00. The van der Waals surface area contributed by atoms with Crippen molar-refractivity contribution in [3.05, 3.63) is 0 Å². The van der Waals surface area contributed by atoms with E-state index in [0.29, 0.717) is 12.3 Å². The Morgan fingerprint density at radius 3 is 2.53 bits per heavy atom. The highest BCUT2D eigenvalue weighted by Crippen LogP contribution is 2.36. The molecule has 3 N–H and O–H groups in total. The van der Waals surface area contributed by atoms with Gasteiger partial charge in [0.1, 0.15) is 9.84 Å². The molecule has 0 aromatic heterocycles. The van der Waals surface area contributed by atoms with E-state index in [9.17, 15) is 8.42 Å². The molecule has 17 heavy (non-hydrogen) atoms. The van der Waals surface area contributed by atoms with Crippen molar-refractivity contribution in [2.24, 2.45) is 11.8 Å². The van der Waals surface area contributed by atoms with E-state index in [1.165, 1.54) is 12.8 Å². The van der Waals surface area contributed by atoms with E-state index < -0.39 is 9.84 Å². The molecule has 0 aromatic carbocycles. The van der Waals surface area contributed by atoms with E-state index in [4.69, 9.17) is 10.6 Å². The van der Waals surface area contributed by atoms with Crippen LogP contribution in [0.3, 0.4) is 0 Å². The normalized spacial score (nSPS) is 20.2. The number of nitrogens with one attached hydrogen (secondary N) is 1. The molecule has 1 aliphatic rings. The van der Waals surface area contributed by atoms with Gasteiger partial charge in [0.2, 0.25) is 0 Å². The predicted molar refractivity (Wildman–Crippen MR) is 68.2 cm³/mol. The summed E-state index contributed by atoms with van der Waals surface area (Å²) in [5.41, 5.74) is 2.76. The van der Waals surface area contributed by atoms with Gasteiger partial charge in [0.25, 0.3) is 0 Å². The lowest BCUT2D eigenvalue weighted by Gasteiger charge is -2.25. The molecule has 0 saturated heterocycles. The summed E-state index contributed by atoms with van der Waals surface area (Å²) in [5.74, 6) is 6.56. The van der Waals surface area contributed by atoms with Crippen molar-refractivity contribution in [2.75, 3.05) is 18.6 Å². The second-order valence-corrected chi connectivity index (χ2v) is 7.16. The van der Waals surface area contributed by atoms with Gasteiger partial charge in [0.05, 0.1) is 11.9 Å². The molecular formula is C11H24N2O3S. The van der Waals surface area contributed by atoms with Gasteiger partial charge in [-0.15, -0.1) is 0 Å². The van der Waals surface area contributed by atoms with E-state index in [1.807, 2.05) is 0 Å². The summed E-state index contributed by atoms with van der Waals surface area (Å²) in [7, 11) is -1.18. The zero-order valence-corrected chi connectivity index (χ0v) is 11.5. The zero-order chi connectivity index (χ0) is 12.9. The van der Waals surface area contributed by atoms with Gasteiger partial charge in [0.15, 0.2) is 0 Å². The van der Waals surface area contributed by atoms with Crippen molar-refractivity contribution in [3.8, 4) is 0 Å². The molecule has 1 fully saturated rings. The number of hydrogen-bond donors (Lipinski definition) is 2. The Morgan fingerprint density at radius 2 is 2.12 bits per heavy atom. The molecule has 2 unspecified atom stereocenters. The molecule has 0 bridgehead atoms. The Hall–Kier alpha value is -0.170. The molecule has 0 amide bonds. The number of nitrogens with two attached hydrogens (primary N) is 1. The van der Waals surface area contributed by atoms with Crippen molar-refractivity contribution in [1.29, 1.82) is 0 Å². The molecule has 0 radical (unpaired) electrons. The topological polar surface area (TPSA) is 81.4 Å². The minimum atomic E-state index is -2.87. The summed E-state index contributed by atoms with van der Waals surface area (Å²) in [6, 6.07) is 0.0551. The fourth-order valence-corrected chi connectivity index (χ4v) is 3.02. The minimum absolute atomic E-state index is 0.0551. The van der Waals surface area contributed by atoms with Gasteiger partial charge in [0, 0.05) is 18.9 Å². The van der Waals surface area contributed by atoms with Crippen LogP contribution in [-0.2, 0) is 14.6 Å². The first-order valence-corrected chi connectivity index (χ1v) is 8.05. The first kappa shape index (κ1) is 14.9.